The van der Waals surface area contributed by atoms with Crippen LogP contribution in [-0.4, -0.2) is 106 Å². The SMILES string of the molecule is CCN1CCN(CCOc2ccc(N(Cc3ccc(-c4nnc(C(C)F)o4)cc3F)C(=O)N3CCS(=O)CC3)cc2)CC1. The number of urea groups is 1. The second-order valence-electron chi connectivity index (χ2n) is 10.7. The molecule has 1 aromatic heterocycles. The van der Waals surface area contributed by atoms with Crippen LogP contribution >= 0.6 is 0 Å². The first-order valence-electron chi connectivity index (χ1n) is 14.7. The van der Waals surface area contributed by atoms with Crippen LogP contribution in [0.25, 0.3) is 11.5 Å². The molecule has 3 aromatic rings. The molecule has 0 aliphatic carbocycles. The second kappa shape index (κ2) is 14.4. The maximum atomic E-state index is 15.4. The number of hydrogen-bond acceptors (Lipinski definition) is 8. The van der Waals surface area contributed by atoms with E-state index in [2.05, 4.69) is 26.9 Å². The maximum absolute atomic E-state index is 15.4. The zero-order chi connectivity index (χ0) is 30.3. The summed E-state index contributed by atoms with van der Waals surface area (Å²) in [4.78, 5) is 21.7. The molecule has 2 aromatic carbocycles. The molecule has 2 saturated heterocycles. The number of alkyl halides is 1. The van der Waals surface area contributed by atoms with Crippen molar-refractivity contribution >= 4 is 22.5 Å². The van der Waals surface area contributed by atoms with Crippen LogP contribution in [0.1, 0.15) is 31.5 Å². The number of anilines is 1. The number of amides is 2. The monoisotopic (exact) mass is 616 g/mol. The Morgan fingerprint density at radius 1 is 1.05 bits per heavy atom. The number of rotatable bonds is 10. The third-order valence-electron chi connectivity index (χ3n) is 7.83. The van der Waals surface area contributed by atoms with Crippen molar-refractivity contribution in [3.05, 3.63) is 59.7 Å². The summed E-state index contributed by atoms with van der Waals surface area (Å²) >= 11 is 0. The van der Waals surface area contributed by atoms with Crippen molar-refractivity contribution in [2.75, 3.05) is 75.4 Å². The fourth-order valence-corrected chi connectivity index (χ4v) is 6.16. The van der Waals surface area contributed by atoms with Crippen molar-refractivity contribution in [1.29, 1.82) is 0 Å². The lowest BCUT2D eigenvalue weighted by Gasteiger charge is -2.34. The molecule has 2 aliphatic heterocycles. The minimum Gasteiger partial charge on any atom is -0.492 e. The van der Waals surface area contributed by atoms with E-state index in [0.29, 0.717) is 48.2 Å². The Hall–Kier alpha value is -3.42. The van der Waals surface area contributed by atoms with Gasteiger partial charge in [-0.1, -0.05) is 13.0 Å². The molecule has 2 amide bonds. The molecule has 232 valence electrons. The average Bonchev–Trinajstić information content (AvgIpc) is 3.52. The van der Waals surface area contributed by atoms with E-state index in [-0.39, 0.29) is 29.9 Å². The van der Waals surface area contributed by atoms with E-state index in [0.717, 1.165) is 39.3 Å². The van der Waals surface area contributed by atoms with Crippen molar-refractivity contribution in [3.63, 3.8) is 0 Å². The number of aromatic nitrogens is 2. The number of carbonyl (C=O) groups is 1. The molecule has 0 saturated carbocycles. The number of hydrogen-bond donors (Lipinski definition) is 0. The molecule has 0 radical (unpaired) electrons. The zero-order valence-electron chi connectivity index (χ0n) is 24.6. The molecule has 0 bridgehead atoms. The van der Waals surface area contributed by atoms with E-state index in [1.54, 1.807) is 29.2 Å². The first-order chi connectivity index (χ1) is 20.8. The van der Waals surface area contributed by atoms with Crippen LogP contribution in [0.15, 0.2) is 46.9 Å². The van der Waals surface area contributed by atoms with Gasteiger partial charge in [-0.15, -0.1) is 10.2 Å². The van der Waals surface area contributed by atoms with E-state index in [1.165, 1.54) is 17.9 Å². The molecule has 1 atom stereocenters. The third-order valence-corrected chi connectivity index (χ3v) is 9.10. The molecule has 0 N–H and O–H groups in total. The molecule has 2 fully saturated rings. The van der Waals surface area contributed by atoms with Gasteiger partial charge in [-0.3, -0.25) is 14.0 Å². The van der Waals surface area contributed by atoms with Gasteiger partial charge in [0.25, 0.3) is 5.89 Å². The van der Waals surface area contributed by atoms with Gasteiger partial charge in [-0.05, 0) is 49.9 Å². The quantitative estimate of drug-likeness (QED) is 0.336. The van der Waals surface area contributed by atoms with Gasteiger partial charge in [0.15, 0.2) is 6.17 Å². The van der Waals surface area contributed by atoms with Crippen molar-refractivity contribution in [2.24, 2.45) is 0 Å². The summed E-state index contributed by atoms with van der Waals surface area (Å²) < 4.78 is 52.1. The van der Waals surface area contributed by atoms with Gasteiger partial charge in [0.2, 0.25) is 5.89 Å². The topological polar surface area (TPSA) is 95.2 Å². The number of benzene rings is 2. The number of nitrogens with zero attached hydrogens (tertiary/aromatic N) is 6. The van der Waals surface area contributed by atoms with Crippen molar-refractivity contribution in [1.82, 2.24) is 24.9 Å². The zero-order valence-corrected chi connectivity index (χ0v) is 25.4. The Labute approximate surface area is 253 Å². The smallest absolute Gasteiger partial charge is 0.324 e. The van der Waals surface area contributed by atoms with Gasteiger partial charge < -0.3 is 19.0 Å². The maximum Gasteiger partial charge on any atom is 0.324 e. The molecule has 10 nitrogen and oxygen atoms in total. The summed E-state index contributed by atoms with van der Waals surface area (Å²) in [5, 5.41) is 7.47. The molecule has 3 heterocycles. The van der Waals surface area contributed by atoms with Gasteiger partial charge >= 0.3 is 6.03 Å². The summed E-state index contributed by atoms with van der Waals surface area (Å²) in [6.45, 7) is 10.8. The fraction of sp³-hybridized carbons (Fsp3) is 0.500. The predicted molar refractivity (Wildman–Crippen MR) is 161 cm³/mol. The molecule has 13 heteroatoms. The normalized spacial score (nSPS) is 17.6. The minimum atomic E-state index is -1.43. The van der Waals surface area contributed by atoms with Crippen molar-refractivity contribution < 1.29 is 26.9 Å². The standard InChI is InChI=1S/C30H38F2N6O4S/c1-3-35-10-12-36(13-11-35)14-17-41-26-8-6-25(7-9-26)38(30(39)37-15-18-43(40)19-16-37)21-24-5-4-23(20-27(24)32)29-34-33-28(42-29)22(2)31/h4-9,20,22H,3,10-19,21H2,1-2H3. The lowest BCUT2D eigenvalue weighted by atomic mass is 10.1. The molecule has 1 unspecified atom stereocenters. The van der Waals surface area contributed by atoms with Crippen molar-refractivity contribution in [2.45, 2.75) is 26.6 Å². The Balaban J connectivity index is 1.28. The summed E-state index contributed by atoms with van der Waals surface area (Å²) in [5.74, 6) is 0.773. The van der Waals surface area contributed by atoms with E-state index >= 15 is 4.39 Å². The van der Waals surface area contributed by atoms with Gasteiger partial charge in [0.05, 0.1) is 6.54 Å². The number of piperazine rings is 1. The number of halogens is 2. The third kappa shape index (κ3) is 7.95. The highest BCUT2D eigenvalue weighted by Gasteiger charge is 2.27. The Morgan fingerprint density at radius 3 is 2.37 bits per heavy atom. The summed E-state index contributed by atoms with van der Waals surface area (Å²) in [6, 6.07) is 11.3. The first-order valence-corrected chi connectivity index (χ1v) is 16.1. The van der Waals surface area contributed by atoms with Crippen molar-refractivity contribution in [3.8, 4) is 17.2 Å². The van der Waals surface area contributed by atoms with E-state index in [1.807, 2.05) is 12.1 Å². The Bertz CT molecular complexity index is 1390. The van der Waals surface area contributed by atoms with Crippen LogP contribution in [0.5, 0.6) is 5.75 Å². The van der Waals surface area contributed by atoms with E-state index < -0.39 is 22.8 Å². The number of likely N-dealkylation sites (N-methyl/N-ethyl adjacent to an activating group) is 1. The lowest BCUT2D eigenvalue weighted by Crippen LogP contribution is -2.48. The number of ether oxygens (including phenoxy) is 1. The number of carbonyl (C=O) groups excluding carboxylic acids is 1. The molecular weight excluding hydrogens is 578 g/mol. The Morgan fingerprint density at radius 2 is 1.74 bits per heavy atom. The first kappa shape index (κ1) is 31.0. The highest BCUT2D eigenvalue weighted by molar-refractivity contribution is 7.85. The van der Waals surface area contributed by atoms with Crippen LogP contribution in [0.2, 0.25) is 0 Å². The van der Waals surface area contributed by atoms with E-state index in [4.69, 9.17) is 9.15 Å². The van der Waals surface area contributed by atoms with Gasteiger partial charge in [-0.2, -0.15) is 0 Å². The molecule has 2 aliphatic rings. The summed E-state index contributed by atoms with van der Waals surface area (Å²) in [5.41, 5.74) is 1.17. The van der Waals surface area contributed by atoms with Crippen LogP contribution < -0.4 is 9.64 Å². The fourth-order valence-electron chi connectivity index (χ4n) is 5.10. The highest BCUT2D eigenvalue weighted by atomic mass is 32.2. The molecule has 5 rings (SSSR count). The highest BCUT2D eigenvalue weighted by Crippen LogP contribution is 2.27. The van der Waals surface area contributed by atoms with Gasteiger partial charge in [0.1, 0.15) is 18.2 Å². The van der Waals surface area contributed by atoms with Crippen LogP contribution in [0.3, 0.4) is 0 Å². The van der Waals surface area contributed by atoms with Gasteiger partial charge in [-0.25, -0.2) is 13.6 Å². The predicted octanol–water partition coefficient (Wildman–Crippen LogP) is 4.11. The van der Waals surface area contributed by atoms with E-state index in [9.17, 15) is 13.4 Å². The minimum absolute atomic E-state index is 0.0120. The lowest BCUT2D eigenvalue weighted by molar-refractivity contribution is 0.121. The summed E-state index contributed by atoms with van der Waals surface area (Å²) in [7, 11) is -0.948. The average molecular weight is 617 g/mol. The van der Waals surface area contributed by atoms with Gasteiger partial charge in [0, 0.05) is 84.9 Å². The molecule has 43 heavy (non-hydrogen) atoms. The second-order valence-corrected chi connectivity index (χ2v) is 12.4. The van der Waals surface area contributed by atoms with Crippen LogP contribution in [0.4, 0.5) is 19.3 Å². The molecular formula is C30H38F2N6O4S. The summed E-state index contributed by atoms with van der Waals surface area (Å²) in [6.07, 6.45) is -1.43. The largest absolute Gasteiger partial charge is 0.492 e. The Kier molecular flexibility index (Phi) is 10.4. The molecule has 0 spiro atoms. The van der Waals surface area contributed by atoms with Crippen LogP contribution in [-0.2, 0) is 17.3 Å². The van der Waals surface area contributed by atoms with Crippen LogP contribution in [0, 0.1) is 5.82 Å².